The zero-order chi connectivity index (χ0) is 28.7. The lowest BCUT2D eigenvalue weighted by Crippen LogP contribution is -2.41. The van der Waals surface area contributed by atoms with Crippen LogP contribution in [0.2, 0.25) is 0 Å². The summed E-state index contributed by atoms with van der Waals surface area (Å²) in [7, 11) is -4.16. The Morgan fingerprint density at radius 2 is 1.90 bits per heavy atom. The summed E-state index contributed by atoms with van der Waals surface area (Å²) in [6.07, 6.45) is 4.52. The first kappa shape index (κ1) is 30.2. The van der Waals surface area contributed by atoms with Crippen molar-refractivity contribution < 1.29 is 32.6 Å². The molecule has 2 aliphatic rings. The van der Waals surface area contributed by atoms with Gasteiger partial charge < -0.3 is 18.7 Å². The van der Waals surface area contributed by atoms with E-state index in [0.29, 0.717) is 12.0 Å². The molecule has 0 spiro atoms. The molecule has 1 aliphatic heterocycles. The molecule has 2 fully saturated rings. The minimum absolute atomic E-state index is 0.000375. The number of carbonyl (C=O) groups excluding carboxylic acids is 1. The third-order valence-corrected chi connectivity index (χ3v) is 8.25. The lowest BCUT2D eigenvalue weighted by molar-refractivity contribution is -0.153. The number of para-hydroxylation sites is 1. The van der Waals surface area contributed by atoms with Crippen molar-refractivity contribution in [2.24, 2.45) is 5.92 Å². The first-order valence-corrected chi connectivity index (χ1v) is 15.2. The molecule has 1 aliphatic carbocycles. The Bertz CT molecular complexity index is 1290. The molecule has 2 aromatic rings. The monoisotopic (exact) mass is 579 g/mol. The second-order valence-electron chi connectivity index (χ2n) is 10.5. The standard InChI is InChI=1S/C27H38N3O9P/c1-18(2)14-22(26(32)37-20-10-6-4-7-11-20)29-40(34,39-21-12-8-5-9-13-21)36-17-24-35-16-23(38-24)30-15-19(3)25(31)28-27(30)33/h5,8-9,12-13,15,18,20,22-24H,4,6-7,10-11,14,16-17H2,1-3H3,(H,29,34)(H,28,31,33)/t22?,23-,24-,40?/m1/s1. The molecule has 2 N–H and O–H groups in total. The number of benzene rings is 1. The topological polar surface area (TPSA) is 147 Å². The highest BCUT2D eigenvalue weighted by Gasteiger charge is 2.38. The number of aryl methyl sites for hydroxylation is 1. The van der Waals surface area contributed by atoms with Crippen LogP contribution < -0.4 is 20.9 Å². The van der Waals surface area contributed by atoms with Crippen molar-refractivity contribution in [3.05, 3.63) is 62.9 Å². The lowest BCUT2D eigenvalue weighted by atomic mass is 9.97. The van der Waals surface area contributed by atoms with Crippen LogP contribution in [-0.4, -0.2) is 47.2 Å². The van der Waals surface area contributed by atoms with Crippen molar-refractivity contribution in [2.45, 2.75) is 84.0 Å². The smallest absolute Gasteiger partial charge is 0.459 e. The van der Waals surface area contributed by atoms with Crippen molar-refractivity contribution in [1.29, 1.82) is 0 Å². The normalized spacial score (nSPS) is 22.1. The van der Waals surface area contributed by atoms with Crippen LogP contribution >= 0.6 is 7.75 Å². The zero-order valence-electron chi connectivity index (χ0n) is 23.1. The Balaban J connectivity index is 1.47. The first-order valence-electron chi connectivity index (χ1n) is 13.7. The predicted octanol–water partition coefficient (Wildman–Crippen LogP) is 3.80. The predicted molar refractivity (Wildman–Crippen MR) is 146 cm³/mol. The van der Waals surface area contributed by atoms with Crippen LogP contribution in [0.3, 0.4) is 0 Å². The van der Waals surface area contributed by atoms with Gasteiger partial charge in [0.1, 0.15) is 24.5 Å². The summed E-state index contributed by atoms with van der Waals surface area (Å²) in [6.45, 7) is 5.15. The summed E-state index contributed by atoms with van der Waals surface area (Å²) in [4.78, 5) is 39.4. The molecule has 0 radical (unpaired) electrons. The van der Waals surface area contributed by atoms with Crippen LogP contribution in [0, 0.1) is 12.8 Å². The molecular weight excluding hydrogens is 541 g/mol. The first-order chi connectivity index (χ1) is 19.1. The number of nitrogens with one attached hydrogen (secondary N) is 2. The Kier molecular flexibility index (Phi) is 10.4. The fraction of sp³-hybridized carbons (Fsp3) is 0.593. The number of hydrogen-bond acceptors (Lipinski definition) is 9. The number of carbonyl (C=O) groups is 1. The molecule has 4 rings (SSSR count). The third-order valence-electron chi connectivity index (χ3n) is 6.68. The molecular formula is C27H38N3O9P. The van der Waals surface area contributed by atoms with Gasteiger partial charge in [-0.1, -0.05) is 38.5 Å². The van der Waals surface area contributed by atoms with Crippen molar-refractivity contribution in [2.75, 3.05) is 13.2 Å². The molecule has 4 atom stereocenters. The van der Waals surface area contributed by atoms with Crippen LogP contribution in [0.4, 0.5) is 0 Å². The van der Waals surface area contributed by atoms with E-state index in [0.717, 1.165) is 32.1 Å². The van der Waals surface area contributed by atoms with Gasteiger partial charge in [-0.25, -0.2) is 9.36 Å². The van der Waals surface area contributed by atoms with Gasteiger partial charge in [-0.15, -0.1) is 0 Å². The average Bonchev–Trinajstić information content (AvgIpc) is 3.39. The minimum Gasteiger partial charge on any atom is -0.461 e. The van der Waals surface area contributed by atoms with E-state index in [1.165, 1.54) is 10.8 Å². The molecule has 2 unspecified atom stereocenters. The maximum absolute atomic E-state index is 14.0. The van der Waals surface area contributed by atoms with Gasteiger partial charge in [-0.05, 0) is 57.1 Å². The van der Waals surface area contributed by atoms with Crippen LogP contribution in [0.5, 0.6) is 5.75 Å². The highest BCUT2D eigenvalue weighted by Crippen LogP contribution is 2.46. The van der Waals surface area contributed by atoms with Crippen LogP contribution in [0.25, 0.3) is 0 Å². The van der Waals surface area contributed by atoms with Gasteiger partial charge in [0.2, 0.25) is 0 Å². The van der Waals surface area contributed by atoms with E-state index in [-0.39, 0.29) is 31.0 Å². The number of H-pyrrole nitrogens is 1. The van der Waals surface area contributed by atoms with E-state index in [2.05, 4.69) is 10.1 Å². The van der Waals surface area contributed by atoms with E-state index in [4.69, 9.17) is 23.3 Å². The largest absolute Gasteiger partial charge is 0.461 e. The summed E-state index contributed by atoms with van der Waals surface area (Å²) in [5, 5.41) is 2.82. The summed E-state index contributed by atoms with van der Waals surface area (Å²) in [5.41, 5.74) is -0.786. The van der Waals surface area contributed by atoms with Crippen molar-refractivity contribution >= 4 is 13.7 Å². The number of ether oxygens (including phenoxy) is 3. The van der Waals surface area contributed by atoms with Gasteiger partial charge >= 0.3 is 19.4 Å². The molecule has 2 heterocycles. The number of rotatable bonds is 12. The number of aromatic nitrogens is 2. The Morgan fingerprint density at radius 1 is 1.18 bits per heavy atom. The summed E-state index contributed by atoms with van der Waals surface area (Å²) >= 11 is 0. The summed E-state index contributed by atoms with van der Waals surface area (Å²) < 4.78 is 44.0. The van der Waals surface area contributed by atoms with Gasteiger partial charge in [0.25, 0.3) is 5.56 Å². The molecule has 40 heavy (non-hydrogen) atoms. The Morgan fingerprint density at radius 3 is 2.60 bits per heavy atom. The maximum Gasteiger partial charge on any atom is 0.459 e. The van der Waals surface area contributed by atoms with Crippen molar-refractivity contribution in [1.82, 2.24) is 14.6 Å². The molecule has 1 saturated heterocycles. The van der Waals surface area contributed by atoms with Crippen LogP contribution in [0.1, 0.15) is 64.2 Å². The molecule has 1 saturated carbocycles. The van der Waals surface area contributed by atoms with E-state index < -0.39 is 43.5 Å². The summed E-state index contributed by atoms with van der Waals surface area (Å²) in [5.74, 6) is -0.131. The van der Waals surface area contributed by atoms with E-state index in [1.54, 1.807) is 37.3 Å². The minimum atomic E-state index is -4.16. The summed E-state index contributed by atoms with van der Waals surface area (Å²) in [6, 6.07) is 7.55. The van der Waals surface area contributed by atoms with Gasteiger partial charge in [-0.3, -0.25) is 23.7 Å². The van der Waals surface area contributed by atoms with Gasteiger partial charge in [-0.2, -0.15) is 5.09 Å². The molecule has 0 amide bonds. The zero-order valence-corrected chi connectivity index (χ0v) is 24.0. The fourth-order valence-electron chi connectivity index (χ4n) is 4.64. The lowest BCUT2D eigenvalue weighted by Gasteiger charge is -2.28. The highest BCUT2D eigenvalue weighted by atomic mass is 31.2. The average molecular weight is 580 g/mol. The van der Waals surface area contributed by atoms with Crippen molar-refractivity contribution in [3.63, 3.8) is 0 Å². The van der Waals surface area contributed by atoms with Crippen molar-refractivity contribution in [3.8, 4) is 5.75 Å². The number of aromatic amines is 1. The molecule has 220 valence electrons. The quantitative estimate of drug-likeness (QED) is 0.281. The van der Waals surface area contributed by atoms with Crippen LogP contribution in [-0.2, 0) is 28.1 Å². The maximum atomic E-state index is 14.0. The SMILES string of the molecule is Cc1cn([C@H]2CO[C@@H](COP(=O)(NC(CC(C)C)C(=O)OC3CCCCC3)Oc3ccccc3)O2)c(=O)[nH]c1=O. The number of hydrogen-bond donors (Lipinski definition) is 2. The highest BCUT2D eigenvalue weighted by molar-refractivity contribution is 7.52. The second-order valence-corrected chi connectivity index (χ2v) is 12.2. The van der Waals surface area contributed by atoms with E-state index in [1.807, 2.05) is 13.8 Å². The van der Waals surface area contributed by atoms with Crippen LogP contribution in [0.15, 0.2) is 46.1 Å². The fourth-order valence-corrected chi connectivity index (χ4v) is 6.13. The van der Waals surface area contributed by atoms with Gasteiger partial charge in [0.05, 0.1) is 6.61 Å². The van der Waals surface area contributed by atoms with Gasteiger partial charge in [0, 0.05) is 11.8 Å². The van der Waals surface area contributed by atoms with Gasteiger partial charge in [0.15, 0.2) is 12.5 Å². The molecule has 12 nitrogen and oxygen atoms in total. The number of nitrogens with zero attached hydrogens (tertiary/aromatic N) is 1. The molecule has 1 aromatic carbocycles. The van der Waals surface area contributed by atoms with E-state index in [9.17, 15) is 18.9 Å². The Labute approximate surface area is 232 Å². The Hall–Kier alpha value is -2.76. The third kappa shape index (κ3) is 8.37. The second kappa shape index (κ2) is 13.7. The van der Waals surface area contributed by atoms with E-state index >= 15 is 0 Å². The molecule has 1 aromatic heterocycles. The molecule has 13 heteroatoms. The molecule has 0 bridgehead atoms. The number of esters is 1.